The summed E-state index contributed by atoms with van der Waals surface area (Å²) in [6, 6.07) is 25.1. The van der Waals surface area contributed by atoms with E-state index < -0.39 is 201 Å². The molecule has 5 heterocycles. The van der Waals surface area contributed by atoms with Crippen molar-refractivity contribution in [1.82, 2.24) is 108 Å². The molecule has 2 saturated heterocycles. The lowest BCUT2D eigenvalue weighted by atomic mass is 9.97. The van der Waals surface area contributed by atoms with Gasteiger partial charge in [-0.05, 0) is 70.8 Å². The van der Waals surface area contributed by atoms with E-state index in [0.29, 0.717) is 55.0 Å². The number of fused-ring (bicyclic) bond motifs is 3. The summed E-state index contributed by atoms with van der Waals surface area (Å²) in [6.45, 7) is -2.81. The third kappa shape index (κ3) is 31.4. The first-order valence-corrected chi connectivity index (χ1v) is 45.5. The molecule has 0 saturated carbocycles. The molecule has 2 aliphatic rings. The lowest BCUT2D eigenvalue weighted by molar-refractivity contribution is -0.142. The number of hydrogen-bond acceptors (Lipinski definition) is 24. The number of rotatable bonds is 46. The van der Waals surface area contributed by atoms with E-state index in [-0.39, 0.29) is 140 Å². The first-order chi connectivity index (χ1) is 67.2. The largest absolute Gasteiger partial charge is 0.480 e. The molecule has 0 aliphatic carbocycles. The molecule has 46 heteroatoms. The number of hydrazine groups is 1. The molecule has 1 unspecified atom stereocenters. The number of nitrogens with zero attached hydrogens (tertiary/aromatic N) is 6. The predicted molar refractivity (Wildman–Crippen MR) is 510 cm³/mol. The number of amides is 12. The minimum absolute atomic E-state index is 0.0158. The molecule has 9 aromatic rings. The van der Waals surface area contributed by atoms with Gasteiger partial charge in [0.15, 0.2) is 17.7 Å². The maximum atomic E-state index is 15.5. The van der Waals surface area contributed by atoms with Crippen molar-refractivity contribution in [2.45, 2.75) is 125 Å². The van der Waals surface area contributed by atoms with E-state index in [4.69, 9.17) is 28.0 Å². The number of imidazole rings is 1. The summed E-state index contributed by atoms with van der Waals surface area (Å²) in [7, 11) is 0. The highest BCUT2D eigenvalue weighted by molar-refractivity contribution is 6.09. The van der Waals surface area contributed by atoms with Crippen molar-refractivity contribution in [3.63, 3.8) is 0 Å². The normalized spacial score (nSPS) is 16.3. The second-order valence-electron chi connectivity index (χ2n) is 34.2. The van der Waals surface area contributed by atoms with E-state index in [2.05, 4.69) is 78.5 Å². The minimum atomic E-state index is -1.96. The van der Waals surface area contributed by atoms with E-state index in [1.54, 1.807) is 141 Å². The summed E-state index contributed by atoms with van der Waals surface area (Å²) in [5.41, 5.74) is 24.7. The van der Waals surface area contributed by atoms with Gasteiger partial charge in [-0.25, -0.2) is 15.2 Å². The molecular weight excluding hydrogens is 1810 g/mol. The number of likely N-dealkylation sites (tertiary alicyclic amines) is 1. The Labute approximate surface area is 802 Å². The number of urea groups is 1. The van der Waals surface area contributed by atoms with Crippen LogP contribution in [0.4, 0.5) is 4.79 Å². The Morgan fingerprint density at radius 3 is 1.32 bits per heavy atom. The first kappa shape index (κ1) is 105. The number of benzene rings is 6. The van der Waals surface area contributed by atoms with Gasteiger partial charge in [-0.3, -0.25) is 103 Å². The van der Waals surface area contributed by atoms with Crippen molar-refractivity contribution in [3.05, 3.63) is 210 Å². The van der Waals surface area contributed by atoms with E-state index in [0.717, 1.165) is 10.3 Å². The fourth-order valence-electron chi connectivity index (χ4n) is 16.8. The molecular formula is C94H118N26O20. The number of guanidine groups is 2. The Hall–Kier alpha value is -15.8. The number of hydrogen-bond donors (Lipinski definition) is 25. The van der Waals surface area contributed by atoms with Crippen molar-refractivity contribution in [3.8, 4) is 0 Å². The summed E-state index contributed by atoms with van der Waals surface area (Å²) in [6.07, 6.45) is 2.10. The second-order valence-corrected chi connectivity index (χ2v) is 34.2. The van der Waals surface area contributed by atoms with Crippen LogP contribution in [0.5, 0.6) is 0 Å². The number of nitrogens with two attached hydrogens (primary N) is 3. The third-order valence-corrected chi connectivity index (χ3v) is 23.9. The molecule has 2 aliphatic heterocycles. The SMILES string of the molecule is N=C(N)NCCC[C@H](NC(=O)C(Cc1cccc2ccccc12)NC(=O)CN1CCN(CC(=O)O)CCN(CC(=O)O)CCN(CC(=O)O)CC1)C(=O)N[C@@H](Cc1c[nH]c2ccccc12)C(=O)N[C@@H](CO)C(=O)N[C@@H](Cc1cnc[nH]1)C(=O)N[C@H](CCCNC(=N)N)C(=O)N[C@@H](Cc1c[nH]c2ccccc12)C(=O)N[C@@H](Cc1ccc(C(=O)c2ccccc2)cc1)C(=O)N1C[C@H](O)C[C@H]1C(=O)NNC(N)=O. The van der Waals surface area contributed by atoms with Crippen LogP contribution in [0.3, 0.4) is 0 Å². The molecule has 10 atom stereocenters. The van der Waals surface area contributed by atoms with Crippen LogP contribution in [0.15, 0.2) is 171 Å². The Morgan fingerprint density at radius 1 is 0.429 bits per heavy atom. The number of carboxylic acid groups (broad SMARTS) is 3. The summed E-state index contributed by atoms with van der Waals surface area (Å²) in [5, 5.41) is 97.5. The molecule has 0 spiro atoms. The molecule has 28 N–H and O–H groups in total. The van der Waals surface area contributed by atoms with Crippen molar-refractivity contribution in [1.29, 1.82) is 10.8 Å². The fourth-order valence-corrected chi connectivity index (χ4v) is 16.8. The lowest BCUT2D eigenvalue weighted by Gasteiger charge is -2.33. The number of aromatic amines is 3. The van der Waals surface area contributed by atoms with Gasteiger partial charge in [-0.15, -0.1) is 0 Å². The summed E-state index contributed by atoms with van der Waals surface area (Å²) in [5.74, 6) is -14.5. The quantitative estimate of drug-likeness (QED) is 0.00587. The molecule has 0 radical (unpaired) electrons. The van der Waals surface area contributed by atoms with Gasteiger partial charge in [0, 0.05) is 168 Å². The standard InChI is InChI=1S/C94H118N26O20/c95-92(96)101-29-11-23-69(107-85(133)71(40-59-17-10-16-56-13-4-5-18-64(56)59)106-78(123)49-116-31-33-117(50-79(124)125)35-37-119(52-81(128)129)38-36-118(34-32-116)51-80(126)127)83(131)110-73(42-61-46-104-68-22-9-7-20-66(61)68)87(135)113-76(53-121)89(137)111-74(43-62-47-100-54-105-62)88(136)108-70(24-12-30-102-93(97)98)84(132)109-72(41-60-45-103-67-21-8-6-19-65(60)67)86(134)112-75(91(139)120-48-63(122)44-77(120)90(138)114-115-94(99)140)39-55-25-27-58(28-26-55)82(130)57-14-2-1-3-15-57/h1-10,13-22,25-28,45-47,54,63,69-77,103-104,121-122H,11-12,23-24,29-44,48-53H2,(H,100,105)(H,106,123)(H,107,133)(H,108,136)(H,109,132)(H,110,131)(H,111,137)(H,112,134)(H,113,135)(H,114,138)(H,124,125)(H,126,127)(H,128,129)(H4,95,96,101)(H4,97,98,102)(H3,99,115,140)/t63-,69+,70-,71?,72+,73+,74+,75+,76+,77+/m1/s1. The highest BCUT2D eigenvalue weighted by atomic mass is 16.4. The first-order valence-electron chi connectivity index (χ1n) is 45.5. The number of H-pyrrole nitrogens is 3. The van der Waals surface area contributed by atoms with Gasteiger partial charge in [0.2, 0.25) is 53.2 Å². The van der Waals surface area contributed by atoms with Gasteiger partial charge >= 0.3 is 23.9 Å². The van der Waals surface area contributed by atoms with Crippen LogP contribution in [0.25, 0.3) is 32.6 Å². The monoisotopic (exact) mass is 1930 g/mol. The van der Waals surface area contributed by atoms with Crippen molar-refractivity contribution < 1.29 is 97.5 Å². The van der Waals surface area contributed by atoms with Crippen LogP contribution in [0, 0.1) is 10.8 Å². The van der Waals surface area contributed by atoms with E-state index >= 15 is 38.4 Å². The van der Waals surface area contributed by atoms with Crippen LogP contribution in [0.2, 0.25) is 0 Å². The number of aliphatic carboxylic acids is 3. The van der Waals surface area contributed by atoms with Crippen LogP contribution in [0.1, 0.15) is 76.0 Å². The smallest absolute Gasteiger partial charge is 0.330 e. The average molecular weight is 1930 g/mol. The van der Waals surface area contributed by atoms with Gasteiger partial charge in [0.25, 0.3) is 5.91 Å². The predicted octanol–water partition coefficient (Wildman–Crippen LogP) is -3.20. The molecule has 3 aromatic heterocycles. The molecule has 6 aromatic carbocycles. The topological polar surface area (TPSA) is 704 Å². The van der Waals surface area contributed by atoms with E-state index in [9.17, 15) is 59.1 Å². The molecule has 744 valence electrons. The summed E-state index contributed by atoms with van der Waals surface area (Å²) < 4.78 is 0. The van der Waals surface area contributed by atoms with Gasteiger partial charge in [-0.2, -0.15) is 0 Å². The Morgan fingerprint density at radius 2 is 0.843 bits per heavy atom. The molecule has 0 bridgehead atoms. The van der Waals surface area contributed by atoms with Crippen molar-refractivity contribution in [2.75, 3.05) is 105 Å². The van der Waals surface area contributed by atoms with Crippen LogP contribution in [-0.4, -0.2) is 336 Å². The van der Waals surface area contributed by atoms with Gasteiger partial charge in [-0.1, -0.05) is 133 Å². The van der Waals surface area contributed by atoms with Crippen LogP contribution < -0.4 is 81.2 Å². The maximum Gasteiger partial charge on any atom is 0.330 e. The Kier molecular flexibility index (Phi) is 38.4. The van der Waals surface area contributed by atoms with Gasteiger partial charge in [0.1, 0.15) is 54.4 Å². The third-order valence-electron chi connectivity index (χ3n) is 23.9. The van der Waals surface area contributed by atoms with E-state index in [1.807, 2.05) is 29.7 Å². The number of carboxylic acids is 3. The lowest BCUT2D eigenvalue weighted by Crippen LogP contribution is -2.62. The summed E-state index contributed by atoms with van der Waals surface area (Å²) in [4.78, 5) is 234. The zero-order chi connectivity index (χ0) is 100. The number of carbonyl (C=O) groups excluding carboxylic acids is 12. The van der Waals surface area contributed by atoms with Crippen LogP contribution >= 0.6 is 0 Å². The van der Waals surface area contributed by atoms with Crippen molar-refractivity contribution >= 4 is 133 Å². The number of ketones is 1. The molecule has 12 amide bonds. The Balaban J connectivity index is 0.860. The number of aliphatic hydroxyl groups is 2. The van der Waals surface area contributed by atoms with Crippen LogP contribution in [-0.2, 0) is 94.4 Å². The number of carbonyl (C=O) groups is 15. The molecule has 46 nitrogen and oxygen atoms in total. The molecule has 11 rings (SSSR count). The molecule has 140 heavy (non-hydrogen) atoms. The van der Waals surface area contributed by atoms with E-state index in [1.165, 1.54) is 24.7 Å². The fraction of sp³-hybridized carbons (Fsp3) is 0.383. The minimum Gasteiger partial charge on any atom is -0.480 e. The number of aliphatic hydroxyl groups excluding tert-OH is 2. The maximum absolute atomic E-state index is 15.5. The average Bonchev–Trinajstić information content (AvgIpc) is 1.79. The van der Waals surface area contributed by atoms with Gasteiger partial charge in [0.05, 0.1) is 45.2 Å². The number of nitrogens with one attached hydrogen (secondary N) is 17. The number of aromatic nitrogens is 4. The zero-order valence-corrected chi connectivity index (χ0v) is 76.6. The highest BCUT2D eigenvalue weighted by Gasteiger charge is 2.44. The van der Waals surface area contributed by atoms with Crippen molar-refractivity contribution in [2.24, 2.45) is 17.2 Å². The summed E-state index contributed by atoms with van der Waals surface area (Å²) >= 11 is 0. The number of β-amino-alcohol motifs (C(OH)–C–C–N with tert-alkyl or cyclic N) is 1. The zero-order valence-electron chi connectivity index (χ0n) is 76.6. The molecule has 2 fully saturated rings. The number of para-hydroxylation sites is 2. The number of primary amides is 1. The second kappa shape index (κ2) is 51.4. The van der Waals surface area contributed by atoms with Gasteiger partial charge < -0.3 is 116 Å². The Bertz CT molecular complexity index is 5850. The highest BCUT2D eigenvalue weighted by Crippen LogP contribution is 2.26.